The summed E-state index contributed by atoms with van der Waals surface area (Å²) in [6.45, 7) is -0.958. The van der Waals surface area contributed by atoms with Gasteiger partial charge in [0.15, 0.2) is 5.25 Å². The number of fused-ring (bicyclic) bond motifs is 1. The zero-order chi connectivity index (χ0) is 23.0. The van der Waals surface area contributed by atoms with Crippen LogP contribution in [0.2, 0.25) is 0 Å². The second kappa shape index (κ2) is 7.99. The number of hydrogen-bond acceptors (Lipinski definition) is 8. The van der Waals surface area contributed by atoms with E-state index in [0.29, 0.717) is 23.1 Å². The molecular formula is C16H15F3N6O5S. The van der Waals surface area contributed by atoms with Crippen LogP contribution >= 0.6 is 0 Å². The molecule has 11 nitrogen and oxygen atoms in total. The average molecular weight is 460 g/mol. The Morgan fingerprint density at radius 1 is 1.35 bits per heavy atom. The molecule has 166 valence electrons. The molecule has 3 rings (SSSR count). The number of nitrogens with one attached hydrogen (secondary N) is 3. The number of aromatic nitrogens is 2. The van der Waals surface area contributed by atoms with Crippen molar-refractivity contribution in [2.24, 2.45) is 5.73 Å². The Hall–Kier alpha value is -3.46. The predicted octanol–water partition coefficient (Wildman–Crippen LogP) is 0.887. The van der Waals surface area contributed by atoms with E-state index in [1.165, 1.54) is 0 Å². The second-order valence-corrected chi connectivity index (χ2v) is 8.06. The number of hydrogen-bond donors (Lipinski definition) is 5. The number of rotatable bonds is 7. The number of carbonyl (C=O) groups is 2. The van der Waals surface area contributed by atoms with Crippen LogP contribution in [0.3, 0.4) is 0 Å². The summed E-state index contributed by atoms with van der Waals surface area (Å²) in [6.07, 6.45) is -4.31. The molecule has 0 radical (unpaired) electrons. The molecule has 1 aliphatic rings. The Bertz CT molecular complexity index is 1150. The molecular weight excluding hydrogens is 445 g/mol. The molecule has 0 spiro atoms. The van der Waals surface area contributed by atoms with Gasteiger partial charge in [0.1, 0.15) is 11.4 Å². The number of alkyl halides is 3. The van der Waals surface area contributed by atoms with Gasteiger partial charge in [0.05, 0.1) is 6.42 Å². The number of amides is 2. The van der Waals surface area contributed by atoms with Gasteiger partial charge in [-0.25, -0.2) is 4.98 Å². The van der Waals surface area contributed by atoms with Crippen molar-refractivity contribution in [2.75, 3.05) is 22.5 Å². The number of primary amides is 1. The quantitative estimate of drug-likeness (QED) is 0.376. The molecule has 2 amide bonds. The molecule has 1 atom stereocenters. The minimum atomic E-state index is -4.96. The fourth-order valence-corrected chi connectivity index (χ4v) is 3.35. The van der Waals surface area contributed by atoms with Crippen LogP contribution in [-0.4, -0.2) is 46.5 Å². The minimum absolute atomic E-state index is 0.135. The monoisotopic (exact) mass is 460 g/mol. The molecule has 1 aromatic heterocycles. The molecule has 0 fully saturated rings. The standard InChI is InChI=1S/C16H15F3N6O5S/c17-16(18,19)9-5-22-15(23-8-1-2-10-7(3-8)4-12(26)24-10)25-14(9)21-6-11(13(20)27)31(28,29)30/h1-3,5,11H,4,6H2,(H2,20,27)(H,24,26)(H,28,29,30)(H2,21,22,23,25). The third kappa shape index (κ3) is 5.18. The molecule has 0 saturated heterocycles. The lowest BCUT2D eigenvalue weighted by atomic mass is 10.1. The highest BCUT2D eigenvalue weighted by Gasteiger charge is 2.36. The van der Waals surface area contributed by atoms with Crippen molar-refractivity contribution >= 4 is 45.1 Å². The van der Waals surface area contributed by atoms with Gasteiger partial charge in [-0.05, 0) is 23.8 Å². The first-order valence-corrected chi connectivity index (χ1v) is 9.98. The van der Waals surface area contributed by atoms with Gasteiger partial charge in [-0.15, -0.1) is 0 Å². The molecule has 0 aliphatic carbocycles. The van der Waals surface area contributed by atoms with Crippen LogP contribution in [0.5, 0.6) is 0 Å². The lowest BCUT2D eigenvalue weighted by Gasteiger charge is -2.17. The van der Waals surface area contributed by atoms with Gasteiger partial charge < -0.3 is 21.7 Å². The number of nitrogens with zero attached hydrogens (tertiary/aromatic N) is 2. The van der Waals surface area contributed by atoms with E-state index in [0.717, 1.165) is 0 Å². The third-order valence-electron chi connectivity index (χ3n) is 4.21. The smallest absolute Gasteiger partial charge is 0.368 e. The van der Waals surface area contributed by atoms with Gasteiger partial charge >= 0.3 is 6.18 Å². The highest BCUT2D eigenvalue weighted by Crippen LogP contribution is 2.34. The first-order chi connectivity index (χ1) is 14.3. The van der Waals surface area contributed by atoms with Gasteiger partial charge in [0.25, 0.3) is 10.1 Å². The summed E-state index contributed by atoms with van der Waals surface area (Å²) < 4.78 is 71.3. The van der Waals surface area contributed by atoms with E-state index >= 15 is 0 Å². The van der Waals surface area contributed by atoms with Gasteiger partial charge in [-0.3, -0.25) is 14.1 Å². The van der Waals surface area contributed by atoms with Crippen molar-refractivity contribution in [3.63, 3.8) is 0 Å². The van der Waals surface area contributed by atoms with E-state index in [-0.39, 0.29) is 18.3 Å². The molecule has 0 bridgehead atoms. The van der Waals surface area contributed by atoms with Crippen LogP contribution in [0.4, 0.5) is 36.3 Å². The molecule has 1 aromatic carbocycles. The summed E-state index contributed by atoms with van der Waals surface area (Å²) in [4.78, 5) is 29.9. The largest absolute Gasteiger partial charge is 0.421 e. The minimum Gasteiger partial charge on any atom is -0.368 e. The summed E-state index contributed by atoms with van der Waals surface area (Å²) in [5.41, 5.74) is 5.20. The van der Waals surface area contributed by atoms with Crippen molar-refractivity contribution in [1.82, 2.24) is 9.97 Å². The van der Waals surface area contributed by atoms with E-state index in [4.69, 9.17) is 10.3 Å². The molecule has 1 aliphatic heterocycles. The summed E-state index contributed by atoms with van der Waals surface area (Å²) in [7, 11) is -4.96. The summed E-state index contributed by atoms with van der Waals surface area (Å²) >= 11 is 0. The van der Waals surface area contributed by atoms with Gasteiger partial charge in [-0.2, -0.15) is 26.6 Å². The maximum atomic E-state index is 13.3. The van der Waals surface area contributed by atoms with Crippen molar-refractivity contribution in [3.8, 4) is 0 Å². The molecule has 6 N–H and O–H groups in total. The van der Waals surface area contributed by atoms with E-state index in [9.17, 15) is 31.2 Å². The normalized spacial score (nSPS) is 14.5. The molecule has 0 saturated carbocycles. The topological polar surface area (TPSA) is 176 Å². The second-order valence-electron chi connectivity index (χ2n) is 6.46. The first-order valence-electron chi connectivity index (χ1n) is 8.48. The van der Waals surface area contributed by atoms with Crippen molar-refractivity contribution in [1.29, 1.82) is 0 Å². The number of halogens is 3. The number of anilines is 4. The zero-order valence-corrected chi connectivity index (χ0v) is 16.2. The van der Waals surface area contributed by atoms with Crippen LogP contribution in [-0.2, 0) is 32.3 Å². The van der Waals surface area contributed by atoms with E-state index in [1.54, 1.807) is 18.2 Å². The molecule has 2 heterocycles. The van der Waals surface area contributed by atoms with Crippen LogP contribution in [0.25, 0.3) is 0 Å². The average Bonchev–Trinajstić information content (AvgIpc) is 2.99. The van der Waals surface area contributed by atoms with Gasteiger partial charge in [0, 0.05) is 24.1 Å². The first kappa shape index (κ1) is 22.2. The Morgan fingerprint density at radius 2 is 2.06 bits per heavy atom. The number of carbonyl (C=O) groups excluding carboxylic acids is 2. The number of nitrogens with two attached hydrogens (primary N) is 1. The van der Waals surface area contributed by atoms with Crippen molar-refractivity contribution in [3.05, 3.63) is 35.5 Å². The zero-order valence-electron chi connectivity index (χ0n) is 15.4. The van der Waals surface area contributed by atoms with Crippen molar-refractivity contribution in [2.45, 2.75) is 17.8 Å². The number of benzene rings is 1. The van der Waals surface area contributed by atoms with Crippen LogP contribution in [0.1, 0.15) is 11.1 Å². The van der Waals surface area contributed by atoms with Crippen LogP contribution in [0.15, 0.2) is 24.4 Å². The fraction of sp³-hybridized carbons (Fsp3) is 0.250. The highest BCUT2D eigenvalue weighted by atomic mass is 32.2. The summed E-state index contributed by atoms with van der Waals surface area (Å²) in [5, 5.41) is 5.19. The highest BCUT2D eigenvalue weighted by molar-refractivity contribution is 7.87. The fourth-order valence-electron chi connectivity index (χ4n) is 2.76. The molecule has 31 heavy (non-hydrogen) atoms. The van der Waals surface area contributed by atoms with Crippen LogP contribution < -0.4 is 21.7 Å². The van der Waals surface area contributed by atoms with E-state index < -0.39 is 45.4 Å². The summed E-state index contributed by atoms with van der Waals surface area (Å²) in [6, 6.07) is 4.72. The Morgan fingerprint density at radius 3 is 2.68 bits per heavy atom. The van der Waals surface area contributed by atoms with E-state index in [2.05, 4.69) is 25.9 Å². The van der Waals surface area contributed by atoms with Gasteiger partial charge in [0.2, 0.25) is 17.8 Å². The van der Waals surface area contributed by atoms with Crippen molar-refractivity contribution < 1.29 is 35.7 Å². The predicted molar refractivity (Wildman–Crippen MR) is 102 cm³/mol. The lowest BCUT2D eigenvalue weighted by Crippen LogP contribution is -2.41. The maximum Gasteiger partial charge on any atom is 0.421 e. The Balaban J connectivity index is 1.88. The van der Waals surface area contributed by atoms with Crippen LogP contribution in [0, 0.1) is 0 Å². The van der Waals surface area contributed by atoms with E-state index in [1.807, 2.05) is 0 Å². The summed E-state index contributed by atoms with van der Waals surface area (Å²) in [5.74, 6) is -2.78. The Kier molecular flexibility index (Phi) is 5.73. The molecule has 15 heteroatoms. The maximum absolute atomic E-state index is 13.3. The Labute approximate surface area is 173 Å². The van der Waals surface area contributed by atoms with Gasteiger partial charge in [-0.1, -0.05) is 0 Å². The third-order valence-corrected chi connectivity index (χ3v) is 5.33. The lowest BCUT2D eigenvalue weighted by molar-refractivity contribution is -0.137. The SMILES string of the molecule is NC(=O)C(CNc1nc(Nc2ccc3c(c2)CC(=O)N3)ncc1C(F)(F)F)S(=O)(=O)O. The molecule has 2 aromatic rings. The molecule has 1 unspecified atom stereocenters.